The van der Waals surface area contributed by atoms with E-state index in [1.807, 2.05) is 25.7 Å². The number of hydrogen-bond acceptors (Lipinski definition) is 7. The van der Waals surface area contributed by atoms with Crippen molar-refractivity contribution >= 4 is 39.1 Å². The van der Waals surface area contributed by atoms with Crippen LogP contribution in [-0.4, -0.2) is 49.5 Å². The number of aryl methyl sites for hydroxylation is 1. The van der Waals surface area contributed by atoms with Gasteiger partial charge in [-0.25, -0.2) is 9.59 Å². The summed E-state index contributed by atoms with van der Waals surface area (Å²) in [5.74, 6) is 6.89. The average Bonchev–Trinajstić information content (AvgIpc) is 3.41. The molecule has 1 aliphatic heterocycles. The lowest BCUT2D eigenvalue weighted by molar-refractivity contribution is 0.0499. The van der Waals surface area contributed by atoms with Crippen LogP contribution in [0.5, 0.6) is 0 Å². The van der Waals surface area contributed by atoms with Crippen LogP contribution in [0.2, 0.25) is 0 Å². The van der Waals surface area contributed by atoms with E-state index in [0.717, 1.165) is 17.4 Å². The molecule has 3 aromatic heterocycles. The second-order valence-electron chi connectivity index (χ2n) is 9.97. The predicted molar refractivity (Wildman–Crippen MR) is 143 cm³/mol. The molecule has 12 heteroatoms. The van der Waals surface area contributed by atoms with Gasteiger partial charge < -0.3 is 19.4 Å². The minimum absolute atomic E-state index is 0.0153. The number of ether oxygens (including phenoxy) is 1. The third-order valence-electron chi connectivity index (χ3n) is 5.99. The van der Waals surface area contributed by atoms with Gasteiger partial charge in [-0.15, -0.1) is 5.92 Å². The van der Waals surface area contributed by atoms with Crippen LogP contribution in [0.25, 0.3) is 11.2 Å². The average molecular weight is 575 g/mol. The van der Waals surface area contributed by atoms with Gasteiger partial charge >= 0.3 is 11.8 Å². The standard InChI is InChI=1S/C25H31BrN6O5/c1-6-7-13-31-19-20(29(5)24(35)32(21(19)33)15-17-10-11-18(26)36-17)28-22(31)30-12-8-9-16(14-30)27-23(34)37-25(2,3)4/h10-11,16H,8-9,12-15H2,1-5H3,(H,27,34)/t16-/m1/s1. The molecule has 0 unspecified atom stereocenters. The van der Waals surface area contributed by atoms with Crippen molar-refractivity contribution in [1.82, 2.24) is 24.0 Å². The van der Waals surface area contributed by atoms with Crippen LogP contribution in [0.4, 0.5) is 10.7 Å². The molecule has 37 heavy (non-hydrogen) atoms. The SMILES string of the molecule is CC#CCn1c(N2CCC[C@@H](NC(=O)OC(C)(C)C)C2)nc2c1c(=O)n(Cc1ccc(Br)o1)c(=O)n2C. The third-order valence-corrected chi connectivity index (χ3v) is 6.42. The summed E-state index contributed by atoms with van der Waals surface area (Å²) in [6.07, 6.45) is 1.12. The summed E-state index contributed by atoms with van der Waals surface area (Å²) in [5.41, 5.74) is -0.995. The lowest BCUT2D eigenvalue weighted by Gasteiger charge is -2.34. The number of amides is 1. The largest absolute Gasteiger partial charge is 0.452 e. The normalized spacial score (nSPS) is 15.9. The molecule has 0 aromatic carbocycles. The molecule has 0 radical (unpaired) electrons. The molecular weight excluding hydrogens is 544 g/mol. The van der Waals surface area contributed by atoms with Gasteiger partial charge in [-0.1, -0.05) is 5.92 Å². The van der Waals surface area contributed by atoms with Crippen LogP contribution < -0.4 is 21.5 Å². The Morgan fingerprint density at radius 3 is 2.70 bits per heavy atom. The Hall–Kier alpha value is -3.46. The number of furan rings is 1. The van der Waals surface area contributed by atoms with Crippen LogP contribution in [0.3, 0.4) is 0 Å². The van der Waals surface area contributed by atoms with Gasteiger partial charge in [-0.2, -0.15) is 4.98 Å². The van der Waals surface area contributed by atoms with Gasteiger partial charge in [0.1, 0.15) is 11.4 Å². The van der Waals surface area contributed by atoms with Crippen LogP contribution >= 0.6 is 15.9 Å². The monoisotopic (exact) mass is 574 g/mol. The molecule has 0 bridgehead atoms. The van der Waals surface area contributed by atoms with Crippen molar-refractivity contribution in [3.05, 3.63) is 43.4 Å². The van der Waals surface area contributed by atoms with E-state index in [4.69, 9.17) is 14.1 Å². The molecule has 4 heterocycles. The Labute approximate surface area is 222 Å². The Kier molecular flexibility index (Phi) is 7.54. The maximum Gasteiger partial charge on any atom is 0.407 e. The van der Waals surface area contributed by atoms with E-state index in [2.05, 4.69) is 33.1 Å². The first-order chi connectivity index (χ1) is 17.5. The van der Waals surface area contributed by atoms with E-state index in [9.17, 15) is 14.4 Å². The number of halogens is 1. The molecular formula is C25H31BrN6O5. The van der Waals surface area contributed by atoms with Gasteiger partial charge in [0.25, 0.3) is 5.56 Å². The number of nitrogens with zero attached hydrogens (tertiary/aromatic N) is 5. The van der Waals surface area contributed by atoms with Crippen molar-refractivity contribution in [3.63, 3.8) is 0 Å². The fourth-order valence-electron chi connectivity index (χ4n) is 4.39. The molecule has 0 aliphatic carbocycles. The molecule has 1 N–H and O–H groups in total. The topological polar surface area (TPSA) is 117 Å². The highest BCUT2D eigenvalue weighted by molar-refractivity contribution is 9.10. The minimum Gasteiger partial charge on any atom is -0.452 e. The molecule has 1 fully saturated rings. The number of nitrogens with one attached hydrogen (secondary N) is 1. The van der Waals surface area contributed by atoms with Crippen LogP contribution in [-0.2, 0) is 24.9 Å². The zero-order valence-electron chi connectivity index (χ0n) is 21.6. The van der Waals surface area contributed by atoms with E-state index < -0.39 is 22.9 Å². The van der Waals surface area contributed by atoms with Crippen molar-refractivity contribution in [2.24, 2.45) is 7.05 Å². The quantitative estimate of drug-likeness (QED) is 0.465. The maximum atomic E-state index is 13.6. The number of piperidine rings is 1. The van der Waals surface area contributed by atoms with E-state index in [1.165, 1.54) is 4.57 Å². The van der Waals surface area contributed by atoms with Gasteiger partial charge in [-0.05, 0) is 68.6 Å². The van der Waals surface area contributed by atoms with E-state index in [1.54, 1.807) is 30.7 Å². The summed E-state index contributed by atoms with van der Waals surface area (Å²) in [7, 11) is 1.59. The molecule has 0 spiro atoms. The molecule has 1 atom stereocenters. The molecule has 198 valence electrons. The number of alkyl carbamates (subject to hydrolysis) is 1. The molecule has 1 aliphatic rings. The summed E-state index contributed by atoms with van der Waals surface area (Å²) in [4.78, 5) is 45.9. The fourth-order valence-corrected chi connectivity index (χ4v) is 4.73. The number of carbonyl (C=O) groups is 1. The molecule has 3 aromatic rings. The Morgan fingerprint density at radius 1 is 1.30 bits per heavy atom. The molecule has 1 amide bonds. The summed E-state index contributed by atoms with van der Waals surface area (Å²) in [5, 5.41) is 2.94. The van der Waals surface area contributed by atoms with Crippen molar-refractivity contribution < 1.29 is 13.9 Å². The summed E-state index contributed by atoms with van der Waals surface area (Å²) in [6.45, 7) is 8.54. The molecule has 4 rings (SSSR count). The summed E-state index contributed by atoms with van der Waals surface area (Å²) >= 11 is 3.25. The first-order valence-corrected chi connectivity index (χ1v) is 12.9. The van der Waals surface area contributed by atoms with Gasteiger partial charge in [0.15, 0.2) is 15.8 Å². The van der Waals surface area contributed by atoms with Crippen LogP contribution in [0.1, 0.15) is 46.3 Å². The summed E-state index contributed by atoms with van der Waals surface area (Å²) in [6, 6.07) is 3.25. The number of imidazole rings is 1. The van der Waals surface area contributed by atoms with Crippen molar-refractivity contribution in [1.29, 1.82) is 0 Å². The van der Waals surface area contributed by atoms with E-state index in [-0.39, 0.29) is 30.3 Å². The Balaban J connectivity index is 1.74. The first kappa shape index (κ1) is 26.6. The van der Waals surface area contributed by atoms with E-state index in [0.29, 0.717) is 29.5 Å². The second kappa shape index (κ2) is 10.5. The zero-order valence-corrected chi connectivity index (χ0v) is 23.2. The second-order valence-corrected chi connectivity index (χ2v) is 10.7. The van der Waals surface area contributed by atoms with Gasteiger partial charge in [0, 0.05) is 26.2 Å². The molecule has 1 saturated heterocycles. The third kappa shape index (κ3) is 5.77. The number of fused-ring (bicyclic) bond motifs is 1. The minimum atomic E-state index is -0.596. The highest BCUT2D eigenvalue weighted by atomic mass is 79.9. The van der Waals surface area contributed by atoms with Crippen LogP contribution in [0, 0.1) is 11.8 Å². The highest BCUT2D eigenvalue weighted by Crippen LogP contribution is 2.24. The lowest BCUT2D eigenvalue weighted by Crippen LogP contribution is -2.49. The van der Waals surface area contributed by atoms with E-state index >= 15 is 0 Å². The fraction of sp³-hybridized carbons (Fsp3) is 0.520. The van der Waals surface area contributed by atoms with Crippen molar-refractivity contribution in [2.45, 2.75) is 65.3 Å². The Bertz CT molecular complexity index is 1500. The van der Waals surface area contributed by atoms with Gasteiger partial charge in [0.05, 0.1) is 13.1 Å². The molecule has 11 nitrogen and oxygen atoms in total. The number of rotatable bonds is 5. The van der Waals surface area contributed by atoms with Gasteiger partial charge in [0.2, 0.25) is 5.95 Å². The number of aromatic nitrogens is 4. The zero-order chi connectivity index (χ0) is 26.9. The highest BCUT2D eigenvalue weighted by Gasteiger charge is 2.29. The Morgan fingerprint density at radius 2 is 2.05 bits per heavy atom. The number of carbonyl (C=O) groups excluding carboxylic acids is 1. The number of anilines is 1. The predicted octanol–water partition coefficient (Wildman–Crippen LogP) is 2.82. The van der Waals surface area contributed by atoms with Crippen molar-refractivity contribution in [3.8, 4) is 11.8 Å². The summed E-state index contributed by atoms with van der Waals surface area (Å²) < 4.78 is 15.7. The number of hydrogen-bond donors (Lipinski definition) is 1. The van der Waals surface area contributed by atoms with Gasteiger partial charge in [-0.3, -0.25) is 18.5 Å². The smallest absolute Gasteiger partial charge is 0.407 e. The van der Waals surface area contributed by atoms with Crippen LogP contribution in [0.15, 0.2) is 30.8 Å². The van der Waals surface area contributed by atoms with Crippen molar-refractivity contribution in [2.75, 3.05) is 18.0 Å². The maximum absolute atomic E-state index is 13.6. The first-order valence-electron chi connectivity index (χ1n) is 12.1. The molecule has 0 saturated carbocycles. The lowest BCUT2D eigenvalue weighted by atomic mass is 10.1.